The molecule has 0 aliphatic carbocycles. The van der Waals surface area contributed by atoms with Gasteiger partial charge in [-0.3, -0.25) is 9.59 Å². The molecule has 4 nitrogen and oxygen atoms in total. The average Bonchev–Trinajstić information content (AvgIpc) is 1.98. The molecule has 0 saturated heterocycles. The summed E-state index contributed by atoms with van der Waals surface area (Å²) in [6.45, 7) is 1.72. The Morgan fingerprint density at radius 1 is 1.55 bits per heavy atom. The zero-order valence-corrected chi connectivity index (χ0v) is 6.76. The fourth-order valence-electron chi connectivity index (χ4n) is 0.798. The van der Waals surface area contributed by atoms with Gasteiger partial charge in [0, 0.05) is 6.42 Å². The predicted molar refractivity (Wildman–Crippen MR) is 40.4 cm³/mol. The van der Waals surface area contributed by atoms with E-state index in [-0.39, 0.29) is 12.2 Å². The van der Waals surface area contributed by atoms with Crippen LogP contribution in [0.1, 0.15) is 19.8 Å². The van der Waals surface area contributed by atoms with E-state index >= 15 is 0 Å². The van der Waals surface area contributed by atoms with Gasteiger partial charge in [0.25, 0.3) is 0 Å². The molecule has 0 amide bonds. The number of carboxylic acid groups (broad SMARTS) is 1. The second-order valence-corrected chi connectivity index (χ2v) is 2.26. The van der Waals surface area contributed by atoms with E-state index in [1.54, 1.807) is 14.0 Å². The lowest BCUT2D eigenvalue weighted by Gasteiger charge is -2.10. The average molecular weight is 159 g/mol. The molecule has 0 aromatic heterocycles. The number of nitrogens with one attached hydrogen (secondary N) is 1. The highest BCUT2D eigenvalue weighted by Gasteiger charge is 2.17. The van der Waals surface area contributed by atoms with E-state index < -0.39 is 12.0 Å². The molecule has 0 unspecified atom stereocenters. The van der Waals surface area contributed by atoms with Crippen LogP contribution in [-0.4, -0.2) is 29.9 Å². The van der Waals surface area contributed by atoms with E-state index in [4.69, 9.17) is 5.11 Å². The number of carbonyl (C=O) groups excluding carboxylic acids is 1. The van der Waals surface area contributed by atoms with Crippen molar-refractivity contribution in [2.24, 2.45) is 0 Å². The maximum absolute atomic E-state index is 11.0. The van der Waals surface area contributed by atoms with Crippen molar-refractivity contribution in [2.45, 2.75) is 25.8 Å². The minimum atomic E-state index is -0.953. The second-order valence-electron chi connectivity index (χ2n) is 2.26. The van der Waals surface area contributed by atoms with Gasteiger partial charge in [0.1, 0.15) is 5.78 Å². The molecule has 0 fully saturated rings. The number of hydrogen-bond acceptors (Lipinski definition) is 3. The van der Waals surface area contributed by atoms with Crippen molar-refractivity contribution in [3.8, 4) is 0 Å². The summed E-state index contributed by atoms with van der Waals surface area (Å²) in [6, 6.07) is -0.530. The predicted octanol–water partition coefficient (Wildman–Crippen LogP) is 0.0282. The first-order chi connectivity index (χ1) is 5.11. The molecule has 0 rings (SSSR count). The van der Waals surface area contributed by atoms with Gasteiger partial charge in [-0.05, 0) is 7.05 Å². The molecular weight excluding hydrogens is 146 g/mol. The van der Waals surface area contributed by atoms with Crippen LogP contribution in [-0.2, 0) is 9.59 Å². The van der Waals surface area contributed by atoms with Gasteiger partial charge < -0.3 is 10.4 Å². The Morgan fingerprint density at radius 3 is 2.36 bits per heavy atom. The molecule has 1 atom stereocenters. The van der Waals surface area contributed by atoms with Crippen LogP contribution < -0.4 is 5.32 Å². The first kappa shape index (κ1) is 10.1. The van der Waals surface area contributed by atoms with Crippen LogP contribution in [0.3, 0.4) is 0 Å². The molecule has 0 aromatic carbocycles. The van der Waals surface area contributed by atoms with Crippen LogP contribution in [0.2, 0.25) is 0 Å². The Kier molecular flexibility index (Phi) is 4.45. The smallest absolute Gasteiger partial charge is 0.305 e. The van der Waals surface area contributed by atoms with Gasteiger partial charge in [0.15, 0.2) is 0 Å². The Balaban J connectivity index is 3.94. The second kappa shape index (κ2) is 4.85. The SMILES string of the molecule is CCC(=O)[C@H](CC(=O)O)NC. The van der Waals surface area contributed by atoms with Gasteiger partial charge in [0.05, 0.1) is 12.5 Å². The van der Waals surface area contributed by atoms with Crippen LogP contribution in [0.4, 0.5) is 0 Å². The number of hydrogen-bond donors (Lipinski definition) is 2. The summed E-state index contributed by atoms with van der Waals surface area (Å²) in [7, 11) is 1.58. The third-order valence-electron chi connectivity index (χ3n) is 1.46. The molecule has 0 radical (unpaired) electrons. The van der Waals surface area contributed by atoms with Gasteiger partial charge in [-0.2, -0.15) is 0 Å². The van der Waals surface area contributed by atoms with Crippen molar-refractivity contribution in [2.75, 3.05) is 7.05 Å². The molecular formula is C7H13NO3. The summed E-state index contributed by atoms with van der Waals surface area (Å²) >= 11 is 0. The number of rotatable bonds is 5. The van der Waals surface area contributed by atoms with Gasteiger partial charge >= 0.3 is 5.97 Å². The van der Waals surface area contributed by atoms with Gasteiger partial charge in [-0.25, -0.2) is 0 Å². The lowest BCUT2D eigenvalue weighted by Crippen LogP contribution is -2.35. The molecule has 0 aromatic rings. The number of carbonyl (C=O) groups is 2. The summed E-state index contributed by atoms with van der Waals surface area (Å²) in [5.74, 6) is -1.01. The summed E-state index contributed by atoms with van der Waals surface area (Å²) in [4.78, 5) is 21.1. The molecule has 2 N–H and O–H groups in total. The number of ketones is 1. The van der Waals surface area contributed by atoms with Crippen LogP contribution >= 0.6 is 0 Å². The Morgan fingerprint density at radius 2 is 2.09 bits per heavy atom. The number of Topliss-reactive ketones (excluding diaryl/α,β-unsaturated/α-hetero) is 1. The van der Waals surface area contributed by atoms with Crippen LogP contribution in [0.25, 0.3) is 0 Å². The number of carboxylic acids is 1. The summed E-state index contributed by atoms with van der Waals surface area (Å²) in [6.07, 6.45) is 0.238. The molecule has 64 valence electrons. The topological polar surface area (TPSA) is 66.4 Å². The minimum absolute atomic E-state index is 0.0603. The van der Waals surface area contributed by atoms with Crippen LogP contribution in [0.5, 0.6) is 0 Å². The quantitative estimate of drug-likeness (QED) is 0.594. The Bertz CT molecular complexity index is 156. The molecule has 0 bridgehead atoms. The summed E-state index contributed by atoms with van der Waals surface area (Å²) in [5, 5.41) is 11.0. The third-order valence-corrected chi connectivity index (χ3v) is 1.46. The molecule has 11 heavy (non-hydrogen) atoms. The van der Waals surface area contributed by atoms with Gasteiger partial charge in [0.2, 0.25) is 0 Å². The Hall–Kier alpha value is -0.900. The maximum Gasteiger partial charge on any atom is 0.305 e. The fraction of sp³-hybridized carbons (Fsp3) is 0.714. The highest BCUT2D eigenvalue weighted by Crippen LogP contribution is 1.96. The van der Waals surface area contributed by atoms with Crippen molar-refractivity contribution in [1.29, 1.82) is 0 Å². The van der Waals surface area contributed by atoms with Crippen molar-refractivity contribution in [1.82, 2.24) is 5.32 Å². The van der Waals surface area contributed by atoms with E-state index in [9.17, 15) is 9.59 Å². The first-order valence-electron chi connectivity index (χ1n) is 3.53. The van der Waals surface area contributed by atoms with Crippen molar-refractivity contribution in [3.05, 3.63) is 0 Å². The van der Waals surface area contributed by atoms with Crippen LogP contribution in [0, 0.1) is 0 Å². The molecule has 0 aliphatic rings. The number of aliphatic carboxylic acids is 1. The molecule has 0 aliphatic heterocycles. The highest BCUT2D eigenvalue weighted by molar-refractivity contribution is 5.87. The van der Waals surface area contributed by atoms with Crippen molar-refractivity contribution >= 4 is 11.8 Å². The number of likely N-dealkylation sites (N-methyl/N-ethyl adjacent to an activating group) is 1. The molecule has 0 saturated carbocycles. The van der Waals surface area contributed by atoms with Crippen molar-refractivity contribution < 1.29 is 14.7 Å². The van der Waals surface area contributed by atoms with E-state index in [1.165, 1.54) is 0 Å². The third kappa shape index (κ3) is 3.72. The molecule has 4 heteroatoms. The van der Waals surface area contributed by atoms with E-state index in [0.717, 1.165) is 0 Å². The first-order valence-corrected chi connectivity index (χ1v) is 3.53. The van der Waals surface area contributed by atoms with E-state index in [2.05, 4.69) is 5.32 Å². The standard InChI is InChI=1S/C7H13NO3/c1-3-6(9)5(8-2)4-7(10)11/h5,8H,3-4H2,1-2H3,(H,10,11)/t5-/m0/s1. The Labute approximate surface area is 65.6 Å². The largest absolute Gasteiger partial charge is 0.481 e. The van der Waals surface area contributed by atoms with Gasteiger partial charge in [-0.15, -0.1) is 0 Å². The summed E-state index contributed by atoms with van der Waals surface area (Å²) < 4.78 is 0. The molecule has 0 heterocycles. The summed E-state index contributed by atoms with van der Waals surface area (Å²) in [5.41, 5.74) is 0. The zero-order valence-electron chi connectivity index (χ0n) is 6.76. The van der Waals surface area contributed by atoms with Crippen LogP contribution in [0.15, 0.2) is 0 Å². The maximum atomic E-state index is 11.0. The van der Waals surface area contributed by atoms with E-state index in [1.807, 2.05) is 0 Å². The normalized spacial score (nSPS) is 12.5. The fourth-order valence-corrected chi connectivity index (χ4v) is 0.798. The highest BCUT2D eigenvalue weighted by atomic mass is 16.4. The van der Waals surface area contributed by atoms with Gasteiger partial charge in [-0.1, -0.05) is 6.92 Å². The monoisotopic (exact) mass is 159 g/mol. The lowest BCUT2D eigenvalue weighted by atomic mass is 10.1. The van der Waals surface area contributed by atoms with Crippen molar-refractivity contribution in [3.63, 3.8) is 0 Å². The lowest BCUT2D eigenvalue weighted by molar-refractivity contribution is -0.139. The zero-order chi connectivity index (χ0) is 8.85. The minimum Gasteiger partial charge on any atom is -0.481 e. The van der Waals surface area contributed by atoms with E-state index in [0.29, 0.717) is 6.42 Å². The molecule has 0 spiro atoms.